The van der Waals surface area contributed by atoms with Gasteiger partial charge < -0.3 is 0 Å². The number of nitrogens with zero attached hydrogens (tertiary/aromatic N) is 1. The quantitative estimate of drug-likeness (QED) is 0.0669. The second kappa shape index (κ2) is 18.7. The van der Waals surface area contributed by atoms with E-state index < -0.39 is 11.3 Å². The van der Waals surface area contributed by atoms with Crippen molar-refractivity contribution in [2.75, 3.05) is 13.2 Å². The van der Waals surface area contributed by atoms with E-state index in [0.717, 1.165) is 55.1 Å². The zero-order valence-corrected chi connectivity index (χ0v) is 42.0. The SMILES string of the molecule is CC(C)CCC[C@@H](C)[C@H]1CCC2C3CC=C4C[C@@H](OCCN(P(=[SeH])(c5ccccc5)c5ccccc5)P(=[SeH])(c5ccccc5)c5ccccc5)CC[C@]4(C)C3CC[C@@]21C. The minimum absolute atomic E-state index is 0.282. The molecule has 0 bridgehead atoms. The van der Waals surface area contributed by atoms with Crippen molar-refractivity contribution < 1.29 is 4.74 Å². The van der Waals surface area contributed by atoms with Gasteiger partial charge in [0.2, 0.25) is 0 Å². The fourth-order valence-electron chi connectivity index (χ4n) is 12.9. The Bertz CT molecular complexity index is 1940. The molecule has 316 valence electrons. The molecule has 0 aromatic heterocycles. The van der Waals surface area contributed by atoms with Crippen LogP contribution >= 0.6 is 11.3 Å². The Hall–Kier alpha value is -1.56. The van der Waals surface area contributed by atoms with Gasteiger partial charge in [-0.25, -0.2) is 0 Å². The standard InChI is InChI=1S/C53H71NOP2Se2/c1-40(2)19-18-20-41(3)49-31-32-50-48-30-29-42-39-43(33-35-52(42,4)51(48)34-36-53(49,50)5)55-38-37-54(56(58,44-21-10-6-11-22-44)45-23-12-7-13-24-45)57(59,46-25-14-8-15-26-46)47-27-16-9-17-28-47/h6-17,21-29,40-41,43,48-51,58-59H,18-20,30-39H2,1-5H3/t41-,43+,48?,49-,50?,51?,52+,53-/m1/s1. The Morgan fingerprint density at radius 2 is 1.19 bits per heavy atom. The normalized spacial score (nSPS) is 28.7. The first kappa shape index (κ1) is 44.1. The summed E-state index contributed by atoms with van der Waals surface area (Å²) in [6.45, 7) is 14.4. The minimum Gasteiger partial charge on any atom is -0.0591 e. The molecule has 4 aliphatic rings. The molecule has 8 atom stereocenters. The van der Waals surface area contributed by atoms with E-state index in [-0.39, 0.29) is 6.10 Å². The van der Waals surface area contributed by atoms with Gasteiger partial charge in [-0.3, -0.25) is 0 Å². The van der Waals surface area contributed by atoms with Crippen LogP contribution in [0.3, 0.4) is 0 Å². The first-order chi connectivity index (χ1) is 28.5. The number of hydrogen-bond acceptors (Lipinski definition) is 2. The zero-order chi connectivity index (χ0) is 41.3. The average molecular weight is 958 g/mol. The van der Waals surface area contributed by atoms with Crippen LogP contribution < -0.4 is 21.2 Å². The van der Waals surface area contributed by atoms with Crippen molar-refractivity contribution in [2.24, 2.45) is 46.3 Å². The van der Waals surface area contributed by atoms with Gasteiger partial charge in [0, 0.05) is 0 Å². The molecule has 0 saturated heterocycles. The van der Waals surface area contributed by atoms with Gasteiger partial charge in [-0.15, -0.1) is 0 Å². The fraction of sp³-hybridized carbons (Fsp3) is 0.509. The number of hydrogen-bond donors (Lipinski definition) is 0. The Labute approximate surface area is 373 Å². The van der Waals surface area contributed by atoms with Crippen LogP contribution in [0.2, 0.25) is 0 Å². The van der Waals surface area contributed by atoms with Crippen molar-refractivity contribution in [3.05, 3.63) is 133 Å². The second-order valence-corrected chi connectivity index (χ2v) is 32.7. The molecule has 4 aromatic rings. The summed E-state index contributed by atoms with van der Waals surface area (Å²) >= 11 is 6.52. The van der Waals surface area contributed by atoms with E-state index in [1.807, 2.05) is 0 Å². The van der Waals surface area contributed by atoms with Crippen molar-refractivity contribution >= 4 is 62.7 Å². The van der Waals surface area contributed by atoms with E-state index in [4.69, 9.17) is 4.74 Å². The van der Waals surface area contributed by atoms with E-state index in [2.05, 4.69) is 197 Å². The number of rotatable bonds is 15. The van der Waals surface area contributed by atoms with Crippen LogP contribution in [0, 0.1) is 46.3 Å². The topological polar surface area (TPSA) is 12.5 Å². The maximum absolute atomic E-state index is 7.19. The molecule has 3 fully saturated rings. The molecule has 2 radical (unpaired) electrons. The summed E-state index contributed by atoms with van der Waals surface area (Å²) in [5, 5.41) is 5.56. The summed E-state index contributed by atoms with van der Waals surface area (Å²) in [6, 6.07) is 45.3. The predicted octanol–water partition coefficient (Wildman–Crippen LogP) is 11.5. The van der Waals surface area contributed by atoms with Gasteiger partial charge in [0.05, 0.1) is 0 Å². The molecule has 6 heteroatoms. The van der Waals surface area contributed by atoms with E-state index in [0.29, 0.717) is 10.8 Å². The zero-order valence-electron chi connectivity index (χ0n) is 36.5. The van der Waals surface area contributed by atoms with E-state index in [1.165, 1.54) is 85.4 Å². The van der Waals surface area contributed by atoms with Crippen molar-refractivity contribution in [3.63, 3.8) is 0 Å². The molecule has 2 nitrogen and oxygen atoms in total. The number of ether oxygens (including phenoxy) is 1. The molecule has 59 heavy (non-hydrogen) atoms. The smallest absolute Gasteiger partial charge is 0.0591 e. The molecule has 0 heterocycles. The summed E-state index contributed by atoms with van der Waals surface area (Å²) in [6.07, 6.45) is 17.9. The summed E-state index contributed by atoms with van der Waals surface area (Å²) in [7, 11) is 0. The summed E-state index contributed by atoms with van der Waals surface area (Å²) in [4.78, 5) is 0. The molecular weight excluding hydrogens is 886 g/mol. The molecule has 4 aliphatic carbocycles. The van der Waals surface area contributed by atoms with Crippen molar-refractivity contribution in [1.29, 1.82) is 0 Å². The van der Waals surface area contributed by atoms with Gasteiger partial charge in [0.15, 0.2) is 0 Å². The third-order valence-electron chi connectivity index (χ3n) is 16.0. The second-order valence-electron chi connectivity index (χ2n) is 19.7. The number of benzene rings is 4. The predicted molar refractivity (Wildman–Crippen MR) is 262 cm³/mol. The molecule has 0 spiro atoms. The Kier molecular flexibility index (Phi) is 13.9. The third kappa shape index (κ3) is 8.48. The van der Waals surface area contributed by atoms with Gasteiger partial charge in [-0.05, 0) is 36.0 Å². The van der Waals surface area contributed by atoms with Crippen LogP contribution in [0.4, 0.5) is 0 Å². The fourth-order valence-corrected chi connectivity index (χ4v) is 32.1. The maximum atomic E-state index is 7.19. The molecule has 3 saturated carbocycles. The Balaban J connectivity index is 1.04. The summed E-state index contributed by atoms with van der Waals surface area (Å²) < 4.78 is 10.1. The molecule has 0 N–H and O–H groups in total. The van der Waals surface area contributed by atoms with Crippen LogP contribution in [-0.4, -0.2) is 53.9 Å². The first-order valence-corrected chi connectivity index (χ1v) is 31.5. The van der Waals surface area contributed by atoms with Gasteiger partial charge in [0.25, 0.3) is 0 Å². The van der Waals surface area contributed by atoms with Gasteiger partial charge in [0.1, 0.15) is 0 Å². The third-order valence-corrected chi connectivity index (χ3v) is 33.8. The van der Waals surface area contributed by atoms with Gasteiger partial charge >= 0.3 is 293 Å². The summed E-state index contributed by atoms with van der Waals surface area (Å²) in [5.41, 5.74) is -1.75. The first-order valence-electron chi connectivity index (χ1n) is 23.0. The van der Waals surface area contributed by atoms with E-state index in [1.54, 1.807) is 5.57 Å². The van der Waals surface area contributed by atoms with Crippen molar-refractivity contribution in [2.45, 2.75) is 111 Å². The number of allylic oxidation sites excluding steroid dienone is 1. The molecule has 0 amide bonds. The van der Waals surface area contributed by atoms with Crippen molar-refractivity contribution in [3.8, 4) is 0 Å². The average Bonchev–Trinajstić information content (AvgIpc) is 3.63. The molecular formula is C53H71NOP2Se2. The van der Waals surface area contributed by atoms with Crippen LogP contribution in [0.15, 0.2) is 133 Å². The molecule has 0 aliphatic heterocycles. The Morgan fingerprint density at radius 1 is 0.661 bits per heavy atom. The van der Waals surface area contributed by atoms with Crippen LogP contribution in [-0.2, 0) is 4.74 Å². The molecule has 8 rings (SSSR count). The van der Waals surface area contributed by atoms with E-state index in [9.17, 15) is 0 Å². The van der Waals surface area contributed by atoms with Gasteiger partial charge in [-0.2, -0.15) is 0 Å². The van der Waals surface area contributed by atoms with Crippen LogP contribution in [0.25, 0.3) is 0 Å². The molecule has 3 unspecified atom stereocenters. The minimum atomic E-state index is -2.18. The van der Waals surface area contributed by atoms with Crippen molar-refractivity contribution in [1.82, 2.24) is 4.44 Å². The van der Waals surface area contributed by atoms with Crippen LogP contribution in [0.5, 0.6) is 0 Å². The van der Waals surface area contributed by atoms with Crippen LogP contribution in [0.1, 0.15) is 105 Å². The number of fused-ring (bicyclic) bond motifs is 5. The Morgan fingerprint density at radius 3 is 1.69 bits per heavy atom. The van der Waals surface area contributed by atoms with Gasteiger partial charge in [-0.1, -0.05) is 47.0 Å². The monoisotopic (exact) mass is 959 g/mol. The van der Waals surface area contributed by atoms with E-state index >= 15 is 0 Å². The molecule has 4 aromatic carbocycles. The summed E-state index contributed by atoms with van der Waals surface area (Å²) in [5.74, 6) is 5.23.